The number of thioether (sulfide) groups is 1. The highest BCUT2D eigenvalue weighted by Crippen LogP contribution is 2.52. The molecule has 1 aromatic rings. The zero-order valence-electron chi connectivity index (χ0n) is 11.5. The van der Waals surface area contributed by atoms with Crippen LogP contribution in [0.1, 0.15) is 0 Å². The monoisotopic (exact) mass is 442 g/mol. The van der Waals surface area contributed by atoms with Crippen LogP contribution in [0.15, 0.2) is 23.1 Å². The molecule has 0 saturated carbocycles. The van der Waals surface area contributed by atoms with Crippen molar-refractivity contribution < 1.29 is 61.6 Å². The summed E-state index contributed by atoms with van der Waals surface area (Å²) < 4.78 is 161. The van der Waals surface area contributed by atoms with Crippen molar-refractivity contribution in [3.8, 4) is 0 Å². The molecular weight excluding hydrogens is 438 g/mol. The van der Waals surface area contributed by atoms with Crippen LogP contribution in [0.2, 0.25) is 0 Å². The summed E-state index contributed by atoms with van der Waals surface area (Å²) in [7, 11) is -7.04. The van der Waals surface area contributed by atoms with Gasteiger partial charge in [0.05, 0.1) is 0 Å². The van der Waals surface area contributed by atoms with Gasteiger partial charge in [0.1, 0.15) is 11.6 Å². The zero-order valence-corrected chi connectivity index (χ0v) is 13.1. The van der Waals surface area contributed by atoms with Gasteiger partial charge in [-0.25, -0.2) is 13.5 Å². The largest absolute Gasteiger partial charge is 0.460 e. The van der Waals surface area contributed by atoms with Crippen LogP contribution in [0.5, 0.6) is 0 Å². The fourth-order valence-electron chi connectivity index (χ4n) is 1.22. The van der Waals surface area contributed by atoms with Gasteiger partial charge in [-0.2, -0.15) is 43.5 Å². The van der Waals surface area contributed by atoms with Gasteiger partial charge >= 0.3 is 32.8 Å². The van der Waals surface area contributed by atoms with Crippen LogP contribution in [0, 0.1) is 11.6 Å². The van der Waals surface area contributed by atoms with E-state index < -0.39 is 61.1 Å². The highest BCUT2D eigenvalue weighted by Gasteiger charge is 2.74. The van der Waals surface area contributed by atoms with E-state index in [2.05, 4.69) is 0 Å². The molecule has 4 nitrogen and oxygen atoms in total. The van der Waals surface area contributed by atoms with E-state index in [1.54, 1.807) is 0 Å². The Kier molecular flexibility index (Phi) is 5.89. The van der Waals surface area contributed by atoms with Crippen LogP contribution >= 0.6 is 11.8 Å². The van der Waals surface area contributed by atoms with Gasteiger partial charge in [-0.3, -0.25) is 4.55 Å². The number of halogens is 10. The van der Waals surface area contributed by atoms with Crippen LogP contribution in [0.25, 0.3) is 0 Å². The normalized spacial score (nSPS) is 14.6. The Morgan fingerprint density at radius 3 is 1.65 bits per heavy atom. The lowest BCUT2D eigenvalue weighted by Crippen LogP contribution is -2.55. The third-order valence-corrected chi connectivity index (χ3v) is 4.19. The molecule has 1 aromatic carbocycles. The van der Waals surface area contributed by atoms with Crippen LogP contribution in [-0.2, 0) is 14.9 Å². The molecule has 0 spiro atoms. The minimum absolute atomic E-state index is 0.0860. The third-order valence-electron chi connectivity index (χ3n) is 2.34. The number of benzene rings is 1. The van der Waals surface area contributed by atoms with E-state index in [1.807, 2.05) is 4.74 Å². The maximum Gasteiger partial charge on any atom is 0.460 e. The first kappa shape index (κ1) is 22.8. The summed E-state index contributed by atoms with van der Waals surface area (Å²) in [5, 5.41) is -12.5. The molecule has 150 valence electrons. The molecule has 0 aliphatic rings. The molecule has 0 fully saturated rings. The van der Waals surface area contributed by atoms with Crippen molar-refractivity contribution in [2.75, 3.05) is 0 Å². The molecule has 16 heteroatoms. The lowest BCUT2D eigenvalue weighted by molar-refractivity contribution is -0.441. The van der Waals surface area contributed by atoms with Gasteiger partial charge in [0.25, 0.3) is 0 Å². The SMILES string of the molecule is O=S(=O)(O)C(F)(F)C(F)(F)OC(F)(F)C(F)(F)Sc1cc(F)cc(F)c1. The van der Waals surface area contributed by atoms with Crippen molar-refractivity contribution in [3.63, 3.8) is 0 Å². The molecule has 0 unspecified atom stereocenters. The molecule has 1 N–H and O–H groups in total. The van der Waals surface area contributed by atoms with E-state index in [1.165, 1.54) is 0 Å². The second-order valence-corrected chi connectivity index (χ2v) is 7.00. The first-order chi connectivity index (χ1) is 11.3. The minimum Gasteiger partial charge on any atom is -0.281 e. The Bertz CT molecular complexity index is 760. The smallest absolute Gasteiger partial charge is 0.281 e. The van der Waals surface area contributed by atoms with Crippen molar-refractivity contribution >= 4 is 21.9 Å². The van der Waals surface area contributed by atoms with Crippen molar-refractivity contribution in [2.45, 2.75) is 27.6 Å². The fourth-order valence-corrected chi connectivity index (χ4v) is 2.37. The van der Waals surface area contributed by atoms with E-state index in [-0.39, 0.29) is 18.2 Å². The number of hydrogen-bond acceptors (Lipinski definition) is 4. The number of hydrogen-bond donors (Lipinski definition) is 1. The average Bonchev–Trinajstić information content (AvgIpc) is 2.33. The van der Waals surface area contributed by atoms with E-state index in [0.717, 1.165) is 0 Å². The van der Waals surface area contributed by atoms with E-state index in [9.17, 15) is 52.3 Å². The molecular formula is C10H4F10O4S2. The summed E-state index contributed by atoms with van der Waals surface area (Å²) in [6.07, 6.45) is -13.3. The molecule has 0 aliphatic heterocycles. The van der Waals surface area contributed by atoms with Crippen LogP contribution < -0.4 is 0 Å². The van der Waals surface area contributed by atoms with Gasteiger partial charge in [-0.15, -0.1) is 0 Å². The lowest BCUT2D eigenvalue weighted by atomic mass is 10.3. The predicted octanol–water partition coefficient (Wildman–Crippen LogP) is 4.33. The molecule has 0 heterocycles. The van der Waals surface area contributed by atoms with Gasteiger partial charge in [0.15, 0.2) is 0 Å². The Morgan fingerprint density at radius 2 is 1.27 bits per heavy atom. The number of ether oxygens (including phenoxy) is 1. The molecule has 0 amide bonds. The number of rotatable bonds is 7. The van der Waals surface area contributed by atoms with E-state index in [0.29, 0.717) is 0 Å². The first-order valence-electron chi connectivity index (χ1n) is 5.66. The molecule has 0 radical (unpaired) electrons. The molecule has 0 aliphatic carbocycles. The van der Waals surface area contributed by atoms with Gasteiger partial charge in [-0.1, -0.05) is 0 Å². The Morgan fingerprint density at radius 1 is 0.846 bits per heavy atom. The first-order valence-corrected chi connectivity index (χ1v) is 7.91. The van der Waals surface area contributed by atoms with Gasteiger partial charge in [0.2, 0.25) is 0 Å². The van der Waals surface area contributed by atoms with Crippen LogP contribution in [0.3, 0.4) is 0 Å². The van der Waals surface area contributed by atoms with Crippen molar-refractivity contribution in [1.29, 1.82) is 0 Å². The number of alkyl halides is 8. The minimum atomic E-state index is -7.04. The summed E-state index contributed by atoms with van der Waals surface area (Å²) in [6, 6.07) is 0.322. The average molecular weight is 442 g/mol. The second kappa shape index (κ2) is 6.72. The summed E-state index contributed by atoms with van der Waals surface area (Å²) in [4.78, 5) is -1.26. The maximum atomic E-state index is 13.4. The highest BCUT2D eigenvalue weighted by atomic mass is 32.2. The molecule has 0 saturated heterocycles. The highest BCUT2D eigenvalue weighted by molar-refractivity contribution is 8.00. The summed E-state index contributed by atoms with van der Waals surface area (Å²) >= 11 is -1.44. The molecule has 26 heavy (non-hydrogen) atoms. The zero-order chi connectivity index (χ0) is 20.8. The fraction of sp³-hybridized carbons (Fsp3) is 0.400. The Labute approximate surface area is 141 Å². The maximum absolute atomic E-state index is 13.4. The molecule has 0 aromatic heterocycles. The summed E-state index contributed by atoms with van der Waals surface area (Å²) in [5.74, 6) is -3.04. The molecule has 0 atom stereocenters. The van der Waals surface area contributed by atoms with Crippen LogP contribution in [-0.4, -0.2) is 35.7 Å². The van der Waals surface area contributed by atoms with Crippen molar-refractivity contribution in [2.24, 2.45) is 0 Å². The van der Waals surface area contributed by atoms with Gasteiger partial charge in [0, 0.05) is 11.0 Å². The third kappa shape index (κ3) is 4.52. The predicted molar refractivity (Wildman–Crippen MR) is 64.6 cm³/mol. The van der Waals surface area contributed by atoms with Gasteiger partial charge in [-0.05, 0) is 23.9 Å². The molecule has 1 rings (SSSR count). The Hall–Kier alpha value is -1.26. The van der Waals surface area contributed by atoms with Gasteiger partial charge < -0.3 is 0 Å². The standard InChI is InChI=1S/C10H4F10O4S2/c11-4-1-5(12)3-6(2-4)25-9(17,18)7(13,14)24-8(15,16)10(19,20)26(21,22)23/h1-3H,(H,21,22,23). The van der Waals surface area contributed by atoms with E-state index in [4.69, 9.17) is 4.55 Å². The molecule has 0 bridgehead atoms. The van der Waals surface area contributed by atoms with Crippen LogP contribution in [0.4, 0.5) is 43.9 Å². The Balaban J connectivity index is 3.18. The topological polar surface area (TPSA) is 63.6 Å². The summed E-state index contributed by atoms with van der Waals surface area (Å²) in [6.45, 7) is 0. The second-order valence-electron chi connectivity index (χ2n) is 4.35. The quantitative estimate of drug-likeness (QED) is 0.387. The van der Waals surface area contributed by atoms with Crippen molar-refractivity contribution in [1.82, 2.24) is 0 Å². The lowest BCUT2D eigenvalue weighted by Gasteiger charge is -2.31. The van der Waals surface area contributed by atoms with E-state index >= 15 is 0 Å². The van der Waals surface area contributed by atoms with Crippen molar-refractivity contribution in [3.05, 3.63) is 29.8 Å². The summed E-state index contributed by atoms with van der Waals surface area (Å²) in [5.41, 5.74) is 0.